The molecule has 0 aliphatic carbocycles. The van der Waals surface area contributed by atoms with Crippen molar-refractivity contribution in [2.24, 2.45) is 5.92 Å². The molecule has 1 aromatic carbocycles. The van der Waals surface area contributed by atoms with E-state index in [4.69, 9.17) is 4.74 Å². The molecule has 1 aromatic heterocycles. The van der Waals surface area contributed by atoms with Crippen molar-refractivity contribution < 1.29 is 28.6 Å². The predicted octanol–water partition coefficient (Wildman–Crippen LogP) is 1.60. The number of nitrogens with zero attached hydrogens (tertiary/aromatic N) is 3. The van der Waals surface area contributed by atoms with Gasteiger partial charge < -0.3 is 25.0 Å². The topological polar surface area (TPSA) is 112 Å². The van der Waals surface area contributed by atoms with Gasteiger partial charge in [-0.2, -0.15) is 0 Å². The number of anilines is 1. The Balaban J connectivity index is 1.85. The number of carbonyl (C=O) groups excluding carboxylic acids is 3. The smallest absolute Gasteiger partial charge is 0.291 e. The summed E-state index contributed by atoms with van der Waals surface area (Å²) in [4.78, 5) is 45.7. The van der Waals surface area contributed by atoms with Gasteiger partial charge in [0.25, 0.3) is 5.91 Å². The summed E-state index contributed by atoms with van der Waals surface area (Å²) in [5.74, 6) is -3.39. The second-order valence-corrected chi connectivity index (χ2v) is 7.96. The molecule has 9 nitrogen and oxygen atoms in total. The van der Waals surface area contributed by atoms with Crippen LogP contribution in [0.15, 0.2) is 42.4 Å². The van der Waals surface area contributed by atoms with Gasteiger partial charge in [-0.05, 0) is 31.5 Å². The van der Waals surface area contributed by atoms with Gasteiger partial charge in [0.1, 0.15) is 29.3 Å². The highest BCUT2D eigenvalue weighted by molar-refractivity contribution is 6.15. The summed E-state index contributed by atoms with van der Waals surface area (Å²) < 4.78 is 19.4. The number of likely N-dealkylation sites (N-methyl/N-ethyl adjacent to an activating group) is 1. The number of amides is 2. The number of aliphatic hydroxyl groups is 1. The maximum atomic E-state index is 13.4. The van der Waals surface area contributed by atoms with E-state index >= 15 is 0 Å². The number of nitrogens with one attached hydrogen (secondary N) is 1. The first kappa shape index (κ1) is 23.4. The standard InChI is InChI=1S/C24H25FN4O5/c1-4-28(5-2)23(32)16-12-29-19-18(20(30)17(24(29)33)22(31)26-3)27-11-14(21(19)34-16)10-13-6-8-15(25)9-7-13/h6-9,11-12,17,24,33H,4-5,10H2,1-3H3,(H,26,31). The molecule has 0 saturated carbocycles. The number of halogens is 1. The fourth-order valence-electron chi connectivity index (χ4n) is 4.16. The molecule has 2 aliphatic heterocycles. The van der Waals surface area contributed by atoms with Gasteiger partial charge in [0.15, 0.2) is 11.5 Å². The molecule has 178 valence electrons. The maximum Gasteiger partial charge on any atom is 0.291 e. The fourth-order valence-corrected chi connectivity index (χ4v) is 4.16. The Morgan fingerprint density at radius 1 is 1.24 bits per heavy atom. The molecule has 2 atom stereocenters. The van der Waals surface area contributed by atoms with Crippen molar-refractivity contribution in [1.29, 1.82) is 0 Å². The molecule has 3 heterocycles. The van der Waals surface area contributed by atoms with Crippen LogP contribution in [0.1, 0.15) is 35.5 Å². The number of carbonyl (C=O) groups is 3. The third-order valence-corrected chi connectivity index (χ3v) is 6.00. The van der Waals surface area contributed by atoms with Crippen molar-refractivity contribution in [3.05, 3.63) is 65.1 Å². The number of ether oxygens (including phenoxy) is 1. The van der Waals surface area contributed by atoms with Gasteiger partial charge in [0.05, 0.1) is 6.20 Å². The zero-order chi connectivity index (χ0) is 24.6. The average molecular weight is 468 g/mol. The molecule has 0 saturated heterocycles. The molecule has 0 bridgehead atoms. The number of hydrogen-bond acceptors (Lipinski definition) is 7. The SMILES string of the molecule is CCN(CC)C(=O)C1=CN2c3c(ncc(Cc4ccc(F)cc4)c3O1)C(=O)C(C(=O)NC)C2O. The zero-order valence-electron chi connectivity index (χ0n) is 19.0. The molecule has 2 N–H and O–H groups in total. The Labute approximate surface area is 195 Å². The highest BCUT2D eigenvalue weighted by atomic mass is 19.1. The number of Topliss-reactive ketones (excluding diaryl/α,β-unsaturated/α-hetero) is 1. The quantitative estimate of drug-likeness (QED) is 0.620. The van der Waals surface area contributed by atoms with E-state index in [-0.39, 0.29) is 35.1 Å². The van der Waals surface area contributed by atoms with E-state index in [0.29, 0.717) is 18.7 Å². The van der Waals surface area contributed by atoms with E-state index in [9.17, 15) is 23.9 Å². The highest BCUT2D eigenvalue weighted by Crippen LogP contribution is 2.45. The second-order valence-electron chi connectivity index (χ2n) is 7.96. The summed E-state index contributed by atoms with van der Waals surface area (Å²) in [6, 6.07) is 5.88. The number of hydrogen-bond donors (Lipinski definition) is 2. The van der Waals surface area contributed by atoms with Gasteiger partial charge in [0.2, 0.25) is 11.7 Å². The van der Waals surface area contributed by atoms with Gasteiger partial charge in [-0.15, -0.1) is 0 Å². The number of rotatable bonds is 6. The second kappa shape index (κ2) is 9.22. The van der Waals surface area contributed by atoms with Crippen molar-refractivity contribution in [1.82, 2.24) is 15.2 Å². The average Bonchev–Trinajstić information content (AvgIpc) is 2.84. The van der Waals surface area contributed by atoms with Crippen LogP contribution in [0.3, 0.4) is 0 Å². The molecule has 4 rings (SSSR count). The third kappa shape index (κ3) is 3.90. The van der Waals surface area contributed by atoms with E-state index in [1.54, 1.807) is 17.0 Å². The van der Waals surface area contributed by atoms with Crippen LogP contribution in [0.5, 0.6) is 5.75 Å². The largest absolute Gasteiger partial charge is 0.447 e. The van der Waals surface area contributed by atoms with Crippen LogP contribution in [-0.2, 0) is 16.0 Å². The Bertz CT molecular complexity index is 1180. The molecule has 2 amide bonds. The van der Waals surface area contributed by atoms with Crippen LogP contribution < -0.4 is 15.0 Å². The van der Waals surface area contributed by atoms with E-state index in [0.717, 1.165) is 5.56 Å². The minimum Gasteiger partial charge on any atom is -0.447 e. The Morgan fingerprint density at radius 3 is 2.53 bits per heavy atom. The molecule has 2 unspecified atom stereocenters. The van der Waals surface area contributed by atoms with Crippen molar-refractivity contribution in [2.45, 2.75) is 26.5 Å². The lowest BCUT2D eigenvalue weighted by atomic mass is 9.90. The lowest BCUT2D eigenvalue weighted by Gasteiger charge is -2.40. The first-order valence-corrected chi connectivity index (χ1v) is 11.0. The summed E-state index contributed by atoms with van der Waals surface area (Å²) in [6.45, 7) is 4.54. The van der Waals surface area contributed by atoms with E-state index in [2.05, 4.69) is 10.3 Å². The molecular formula is C24H25FN4O5. The van der Waals surface area contributed by atoms with Crippen LogP contribution in [0, 0.1) is 11.7 Å². The van der Waals surface area contributed by atoms with Gasteiger partial charge in [-0.25, -0.2) is 4.39 Å². The Kier molecular flexibility index (Phi) is 6.34. The molecule has 2 aliphatic rings. The lowest BCUT2D eigenvalue weighted by molar-refractivity contribution is -0.129. The zero-order valence-corrected chi connectivity index (χ0v) is 19.0. The van der Waals surface area contributed by atoms with E-state index in [1.165, 1.54) is 36.5 Å². The summed E-state index contributed by atoms with van der Waals surface area (Å²) in [7, 11) is 1.37. The summed E-state index contributed by atoms with van der Waals surface area (Å²) in [6.07, 6.45) is 1.46. The summed E-state index contributed by atoms with van der Waals surface area (Å²) >= 11 is 0. The van der Waals surface area contributed by atoms with Crippen molar-refractivity contribution in [3.8, 4) is 5.75 Å². The van der Waals surface area contributed by atoms with Crippen LogP contribution in [0.4, 0.5) is 10.1 Å². The number of pyridine rings is 1. The number of aromatic nitrogens is 1. The van der Waals surface area contributed by atoms with Crippen LogP contribution in [0.2, 0.25) is 0 Å². The van der Waals surface area contributed by atoms with Gasteiger partial charge in [0, 0.05) is 38.3 Å². The van der Waals surface area contributed by atoms with Crippen LogP contribution in [-0.4, -0.2) is 59.0 Å². The molecule has 0 radical (unpaired) electrons. The van der Waals surface area contributed by atoms with Crippen LogP contribution in [0.25, 0.3) is 0 Å². The molecule has 0 spiro atoms. The predicted molar refractivity (Wildman–Crippen MR) is 120 cm³/mol. The minimum atomic E-state index is -1.56. The molecule has 0 fully saturated rings. The normalized spacial score (nSPS) is 18.6. The summed E-state index contributed by atoms with van der Waals surface area (Å²) in [5, 5.41) is 13.4. The van der Waals surface area contributed by atoms with Crippen molar-refractivity contribution >= 4 is 23.3 Å². The fraction of sp³-hybridized carbons (Fsp3) is 0.333. The van der Waals surface area contributed by atoms with Crippen molar-refractivity contribution in [3.63, 3.8) is 0 Å². The molecular weight excluding hydrogens is 443 g/mol. The van der Waals surface area contributed by atoms with Gasteiger partial charge in [-0.3, -0.25) is 19.4 Å². The summed E-state index contributed by atoms with van der Waals surface area (Å²) in [5.41, 5.74) is 1.44. The monoisotopic (exact) mass is 468 g/mol. The Morgan fingerprint density at radius 2 is 1.91 bits per heavy atom. The Hall–Kier alpha value is -3.79. The first-order valence-electron chi connectivity index (χ1n) is 11.0. The minimum absolute atomic E-state index is 0.0395. The number of benzene rings is 1. The molecule has 10 heteroatoms. The molecule has 34 heavy (non-hydrogen) atoms. The molecule has 2 aromatic rings. The third-order valence-electron chi connectivity index (χ3n) is 6.00. The van der Waals surface area contributed by atoms with Gasteiger partial charge in [-0.1, -0.05) is 12.1 Å². The van der Waals surface area contributed by atoms with Crippen LogP contribution >= 0.6 is 0 Å². The maximum absolute atomic E-state index is 13.4. The van der Waals surface area contributed by atoms with E-state index < -0.39 is 29.7 Å². The van der Waals surface area contributed by atoms with E-state index in [1.807, 2.05) is 13.8 Å². The van der Waals surface area contributed by atoms with Gasteiger partial charge >= 0.3 is 0 Å². The number of ketones is 1. The number of aliphatic hydroxyl groups excluding tert-OH is 1. The highest BCUT2D eigenvalue weighted by Gasteiger charge is 2.48. The lowest BCUT2D eigenvalue weighted by Crippen LogP contribution is -2.53. The van der Waals surface area contributed by atoms with Crippen molar-refractivity contribution in [2.75, 3.05) is 25.0 Å². The first-order chi connectivity index (χ1) is 16.3.